The van der Waals surface area contributed by atoms with E-state index in [9.17, 15) is 4.39 Å². The lowest BCUT2D eigenvalue weighted by atomic mass is 10.0. The first-order chi connectivity index (χ1) is 14.6. The summed E-state index contributed by atoms with van der Waals surface area (Å²) < 4.78 is 13.0. The molecule has 0 aliphatic rings. The Kier molecular flexibility index (Phi) is 7.88. The second-order valence-corrected chi connectivity index (χ2v) is 7.54. The van der Waals surface area contributed by atoms with Crippen LogP contribution in [0, 0.1) is 36.4 Å². The molecule has 0 unspecified atom stereocenters. The molecule has 0 aliphatic carbocycles. The van der Waals surface area contributed by atoms with Crippen molar-refractivity contribution in [3.05, 3.63) is 106 Å². The van der Waals surface area contributed by atoms with E-state index in [2.05, 4.69) is 54.9 Å². The Hall–Kier alpha value is -3.29. The molecular formula is C29H27F. The SMILES string of the molecule is CCCCCCc1ccc(C#Cc2ccc(C#Cc3ccc(F)cc3)cc2C)cc1. The van der Waals surface area contributed by atoms with Crippen LogP contribution < -0.4 is 0 Å². The Balaban J connectivity index is 1.64. The van der Waals surface area contributed by atoms with Gasteiger partial charge in [0.2, 0.25) is 0 Å². The first kappa shape index (κ1) is 21.4. The maximum Gasteiger partial charge on any atom is 0.123 e. The highest BCUT2D eigenvalue weighted by molar-refractivity contribution is 5.51. The fraction of sp³-hybridized carbons (Fsp3) is 0.241. The van der Waals surface area contributed by atoms with Crippen molar-refractivity contribution in [3.63, 3.8) is 0 Å². The Morgan fingerprint density at radius 2 is 1.27 bits per heavy atom. The summed E-state index contributed by atoms with van der Waals surface area (Å²) in [5.41, 5.74) is 6.25. The molecule has 0 radical (unpaired) electrons. The molecule has 30 heavy (non-hydrogen) atoms. The minimum absolute atomic E-state index is 0.249. The third kappa shape index (κ3) is 6.65. The van der Waals surface area contributed by atoms with E-state index in [1.165, 1.54) is 43.4 Å². The second-order valence-electron chi connectivity index (χ2n) is 7.54. The van der Waals surface area contributed by atoms with Crippen LogP contribution in [0.15, 0.2) is 66.7 Å². The molecule has 0 spiro atoms. The summed E-state index contributed by atoms with van der Waals surface area (Å²) >= 11 is 0. The van der Waals surface area contributed by atoms with E-state index >= 15 is 0 Å². The summed E-state index contributed by atoms with van der Waals surface area (Å²) in [6.07, 6.45) is 6.30. The molecule has 0 fully saturated rings. The predicted octanol–water partition coefficient (Wildman–Crippen LogP) is 7.06. The van der Waals surface area contributed by atoms with Gasteiger partial charge in [-0.3, -0.25) is 0 Å². The highest BCUT2D eigenvalue weighted by Gasteiger charge is 1.97. The van der Waals surface area contributed by atoms with Crippen LogP contribution in [0.4, 0.5) is 4.39 Å². The molecule has 0 bridgehead atoms. The van der Waals surface area contributed by atoms with E-state index in [-0.39, 0.29) is 5.82 Å². The van der Waals surface area contributed by atoms with Crippen LogP contribution in [0.3, 0.4) is 0 Å². The van der Waals surface area contributed by atoms with Crippen molar-refractivity contribution >= 4 is 0 Å². The van der Waals surface area contributed by atoms with Gasteiger partial charge in [0.05, 0.1) is 0 Å². The molecule has 0 saturated heterocycles. The molecule has 3 aromatic rings. The third-order valence-corrected chi connectivity index (χ3v) is 5.04. The number of unbranched alkanes of at least 4 members (excludes halogenated alkanes) is 3. The van der Waals surface area contributed by atoms with Crippen molar-refractivity contribution in [2.45, 2.75) is 46.0 Å². The monoisotopic (exact) mass is 394 g/mol. The average Bonchev–Trinajstić information content (AvgIpc) is 2.76. The minimum atomic E-state index is -0.249. The molecule has 0 aliphatic heterocycles. The van der Waals surface area contributed by atoms with Crippen LogP contribution >= 0.6 is 0 Å². The summed E-state index contributed by atoms with van der Waals surface area (Å²) in [5.74, 6) is 12.5. The Labute approximate surface area is 180 Å². The standard InChI is InChI=1S/C29H27F/c1-3-4-5-6-7-24-8-10-25(11-9-24)14-18-28-19-15-27(22-23(28)2)13-12-26-16-20-29(30)21-17-26/h8-11,15-17,19-22H,3-7H2,1-2H3. The van der Waals surface area contributed by atoms with Crippen LogP contribution in [-0.4, -0.2) is 0 Å². The molecule has 3 aromatic carbocycles. The summed E-state index contributed by atoms with van der Waals surface area (Å²) in [6, 6.07) is 20.9. The summed E-state index contributed by atoms with van der Waals surface area (Å²) in [5, 5.41) is 0. The average molecular weight is 395 g/mol. The zero-order valence-electron chi connectivity index (χ0n) is 17.8. The van der Waals surface area contributed by atoms with Crippen LogP contribution in [0.25, 0.3) is 0 Å². The van der Waals surface area contributed by atoms with E-state index in [1.807, 2.05) is 25.1 Å². The van der Waals surface area contributed by atoms with Gasteiger partial charge in [-0.05, 0) is 85.5 Å². The fourth-order valence-corrected chi connectivity index (χ4v) is 3.21. The lowest BCUT2D eigenvalue weighted by Crippen LogP contribution is -1.87. The number of halogens is 1. The van der Waals surface area contributed by atoms with Crippen molar-refractivity contribution in [3.8, 4) is 23.7 Å². The number of aryl methyl sites for hydroxylation is 2. The first-order valence-electron chi connectivity index (χ1n) is 10.6. The maximum absolute atomic E-state index is 13.0. The van der Waals surface area contributed by atoms with E-state index in [4.69, 9.17) is 0 Å². The number of benzene rings is 3. The molecule has 0 aromatic heterocycles. The topological polar surface area (TPSA) is 0 Å². The molecule has 0 heterocycles. The quantitative estimate of drug-likeness (QED) is 0.321. The predicted molar refractivity (Wildman–Crippen MR) is 124 cm³/mol. The summed E-state index contributed by atoms with van der Waals surface area (Å²) in [4.78, 5) is 0. The zero-order chi connectivity index (χ0) is 21.2. The molecule has 0 N–H and O–H groups in total. The molecule has 0 saturated carbocycles. The molecule has 3 rings (SSSR count). The minimum Gasteiger partial charge on any atom is -0.207 e. The van der Waals surface area contributed by atoms with Gasteiger partial charge in [-0.1, -0.05) is 62.0 Å². The highest BCUT2D eigenvalue weighted by Crippen LogP contribution is 2.12. The number of hydrogen-bond acceptors (Lipinski definition) is 0. The van der Waals surface area contributed by atoms with Gasteiger partial charge in [0, 0.05) is 22.3 Å². The van der Waals surface area contributed by atoms with Gasteiger partial charge in [-0.25, -0.2) is 4.39 Å². The van der Waals surface area contributed by atoms with E-state index in [1.54, 1.807) is 12.1 Å². The molecule has 1 heteroatoms. The van der Waals surface area contributed by atoms with Crippen LogP contribution in [0.5, 0.6) is 0 Å². The van der Waals surface area contributed by atoms with Gasteiger partial charge in [0.25, 0.3) is 0 Å². The largest absolute Gasteiger partial charge is 0.207 e. The Morgan fingerprint density at radius 3 is 1.93 bits per heavy atom. The zero-order valence-corrected chi connectivity index (χ0v) is 17.8. The van der Waals surface area contributed by atoms with E-state index < -0.39 is 0 Å². The summed E-state index contributed by atoms with van der Waals surface area (Å²) in [7, 11) is 0. The van der Waals surface area contributed by atoms with Gasteiger partial charge in [0.15, 0.2) is 0 Å². The smallest absolute Gasteiger partial charge is 0.123 e. The van der Waals surface area contributed by atoms with Gasteiger partial charge in [-0.2, -0.15) is 0 Å². The van der Waals surface area contributed by atoms with E-state index in [0.717, 1.165) is 34.2 Å². The number of hydrogen-bond donors (Lipinski definition) is 0. The molecule has 150 valence electrons. The van der Waals surface area contributed by atoms with Crippen LogP contribution in [0.2, 0.25) is 0 Å². The maximum atomic E-state index is 13.0. The van der Waals surface area contributed by atoms with Gasteiger partial charge >= 0.3 is 0 Å². The van der Waals surface area contributed by atoms with Crippen LogP contribution in [-0.2, 0) is 6.42 Å². The first-order valence-corrected chi connectivity index (χ1v) is 10.6. The fourth-order valence-electron chi connectivity index (χ4n) is 3.21. The molecule has 0 atom stereocenters. The van der Waals surface area contributed by atoms with Crippen molar-refractivity contribution in [2.24, 2.45) is 0 Å². The molecule has 0 nitrogen and oxygen atoms in total. The van der Waals surface area contributed by atoms with Crippen molar-refractivity contribution in [1.29, 1.82) is 0 Å². The Bertz CT molecular complexity index is 1080. The normalized spacial score (nSPS) is 9.97. The van der Waals surface area contributed by atoms with Gasteiger partial charge in [-0.15, -0.1) is 0 Å². The lowest BCUT2D eigenvalue weighted by molar-refractivity contribution is 0.627. The highest BCUT2D eigenvalue weighted by atomic mass is 19.1. The number of rotatable bonds is 5. The van der Waals surface area contributed by atoms with Crippen LogP contribution in [0.1, 0.15) is 66.0 Å². The lowest BCUT2D eigenvalue weighted by Gasteiger charge is -2.01. The van der Waals surface area contributed by atoms with Gasteiger partial charge in [0.1, 0.15) is 5.82 Å². The van der Waals surface area contributed by atoms with Gasteiger partial charge < -0.3 is 0 Å². The third-order valence-electron chi connectivity index (χ3n) is 5.04. The Morgan fingerprint density at radius 1 is 0.667 bits per heavy atom. The molecular weight excluding hydrogens is 367 g/mol. The molecule has 0 amide bonds. The van der Waals surface area contributed by atoms with Crippen molar-refractivity contribution < 1.29 is 4.39 Å². The second kappa shape index (κ2) is 11.0. The summed E-state index contributed by atoms with van der Waals surface area (Å²) in [6.45, 7) is 4.29. The van der Waals surface area contributed by atoms with Crippen molar-refractivity contribution in [1.82, 2.24) is 0 Å². The van der Waals surface area contributed by atoms with Crippen molar-refractivity contribution in [2.75, 3.05) is 0 Å². The van der Waals surface area contributed by atoms with E-state index in [0.29, 0.717) is 0 Å².